The van der Waals surface area contributed by atoms with Crippen molar-refractivity contribution >= 4 is 17.6 Å². The molecule has 0 radical (unpaired) electrons. The summed E-state index contributed by atoms with van der Waals surface area (Å²) in [5.74, 6) is -0.389. The monoisotopic (exact) mass is 369 g/mol. The first kappa shape index (κ1) is 17.5. The zero-order valence-electron chi connectivity index (χ0n) is 14.9. The number of halogens is 1. The van der Waals surface area contributed by atoms with E-state index in [2.05, 4.69) is 5.32 Å². The van der Waals surface area contributed by atoms with Gasteiger partial charge in [-0.25, -0.2) is 14.2 Å². The van der Waals surface area contributed by atoms with Gasteiger partial charge in [0.2, 0.25) is 5.91 Å². The predicted octanol–water partition coefficient (Wildman–Crippen LogP) is 3.08. The second kappa shape index (κ2) is 6.66. The summed E-state index contributed by atoms with van der Waals surface area (Å²) in [5.41, 5.74) is 1.36. The average Bonchev–Trinajstić information content (AvgIpc) is 2.94. The number of aryl methyl sites for hydroxylation is 1. The molecule has 2 heterocycles. The molecule has 27 heavy (non-hydrogen) atoms. The molecule has 1 N–H and O–H groups in total. The fourth-order valence-electron chi connectivity index (χ4n) is 3.44. The third-order valence-electron chi connectivity index (χ3n) is 4.88. The van der Waals surface area contributed by atoms with E-state index in [4.69, 9.17) is 4.84 Å². The van der Waals surface area contributed by atoms with Crippen molar-refractivity contribution < 1.29 is 18.8 Å². The van der Waals surface area contributed by atoms with Gasteiger partial charge in [-0.3, -0.25) is 9.63 Å². The number of hydroxylamine groups is 2. The van der Waals surface area contributed by atoms with Crippen LogP contribution in [-0.4, -0.2) is 40.6 Å². The Bertz CT molecular complexity index is 881. The smallest absolute Gasteiger partial charge is 0.318 e. The van der Waals surface area contributed by atoms with Gasteiger partial charge in [-0.2, -0.15) is 0 Å². The fourth-order valence-corrected chi connectivity index (χ4v) is 3.44. The van der Waals surface area contributed by atoms with Crippen LogP contribution in [-0.2, 0) is 16.2 Å². The van der Waals surface area contributed by atoms with Gasteiger partial charge in [-0.1, -0.05) is 30.3 Å². The fraction of sp³-hybridized carbons (Fsp3) is 0.300. The Labute approximate surface area is 156 Å². The summed E-state index contributed by atoms with van der Waals surface area (Å²) in [7, 11) is 0. The van der Waals surface area contributed by atoms with Gasteiger partial charge in [0.1, 0.15) is 11.4 Å². The second-order valence-electron chi connectivity index (χ2n) is 7.12. The van der Waals surface area contributed by atoms with Crippen molar-refractivity contribution in [3.05, 3.63) is 65.5 Å². The van der Waals surface area contributed by atoms with E-state index in [-0.39, 0.29) is 24.2 Å². The Kier molecular flexibility index (Phi) is 4.31. The molecule has 2 aromatic carbocycles. The SMILES string of the molecule is Cc1cc(NC(=O)N2CC3(CC(=O)N(Cc4ccccc4)O3)C2)ccc1F. The molecule has 140 valence electrons. The third-order valence-corrected chi connectivity index (χ3v) is 4.88. The van der Waals surface area contributed by atoms with Crippen LogP contribution in [0.4, 0.5) is 14.9 Å². The number of benzene rings is 2. The van der Waals surface area contributed by atoms with Crippen LogP contribution < -0.4 is 5.32 Å². The van der Waals surface area contributed by atoms with Crippen LogP contribution in [0.5, 0.6) is 0 Å². The van der Waals surface area contributed by atoms with Gasteiger partial charge in [0.15, 0.2) is 0 Å². The molecule has 2 fully saturated rings. The molecule has 0 aliphatic carbocycles. The maximum absolute atomic E-state index is 13.3. The molecule has 2 aliphatic heterocycles. The van der Waals surface area contributed by atoms with Gasteiger partial charge < -0.3 is 10.2 Å². The molecule has 3 amide bonds. The number of urea groups is 1. The lowest BCUT2D eigenvalue weighted by Gasteiger charge is -2.45. The number of rotatable bonds is 3. The molecule has 2 aliphatic rings. The van der Waals surface area contributed by atoms with Crippen LogP contribution in [0, 0.1) is 12.7 Å². The highest BCUT2D eigenvalue weighted by Crippen LogP contribution is 2.36. The highest BCUT2D eigenvalue weighted by Gasteiger charge is 2.54. The van der Waals surface area contributed by atoms with Crippen molar-refractivity contribution in [1.29, 1.82) is 0 Å². The largest absolute Gasteiger partial charge is 0.322 e. The Morgan fingerprint density at radius 1 is 1.22 bits per heavy atom. The highest BCUT2D eigenvalue weighted by atomic mass is 19.1. The lowest BCUT2D eigenvalue weighted by atomic mass is 9.91. The van der Waals surface area contributed by atoms with Gasteiger partial charge in [-0.15, -0.1) is 0 Å². The highest BCUT2D eigenvalue weighted by molar-refractivity contribution is 5.90. The molecule has 0 atom stereocenters. The summed E-state index contributed by atoms with van der Waals surface area (Å²) in [6, 6.07) is 13.8. The first-order valence-corrected chi connectivity index (χ1v) is 8.80. The van der Waals surface area contributed by atoms with Crippen LogP contribution in [0.2, 0.25) is 0 Å². The maximum Gasteiger partial charge on any atom is 0.322 e. The topological polar surface area (TPSA) is 61.9 Å². The van der Waals surface area contributed by atoms with E-state index in [0.717, 1.165) is 5.56 Å². The molecule has 1 spiro atoms. The van der Waals surface area contributed by atoms with Gasteiger partial charge in [0.25, 0.3) is 0 Å². The third kappa shape index (κ3) is 3.50. The minimum Gasteiger partial charge on any atom is -0.318 e. The van der Waals surface area contributed by atoms with Gasteiger partial charge in [0.05, 0.1) is 26.1 Å². The number of anilines is 1. The lowest BCUT2D eigenvalue weighted by molar-refractivity contribution is -0.232. The van der Waals surface area contributed by atoms with Crippen molar-refractivity contribution in [1.82, 2.24) is 9.96 Å². The molecule has 2 aromatic rings. The Hall–Kier alpha value is -2.93. The number of nitrogens with zero attached hydrogens (tertiary/aromatic N) is 2. The van der Waals surface area contributed by atoms with Crippen LogP contribution in [0.25, 0.3) is 0 Å². The first-order chi connectivity index (χ1) is 12.9. The van der Waals surface area contributed by atoms with Crippen molar-refractivity contribution in [2.24, 2.45) is 0 Å². The lowest BCUT2D eigenvalue weighted by Crippen LogP contribution is -2.64. The van der Waals surface area contributed by atoms with E-state index in [9.17, 15) is 14.0 Å². The molecule has 4 rings (SSSR count). The number of likely N-dealkylation sites (tertiary alicyclic amines) is 1. The standard InChI is InChI=1S/C20H20FN3O3/c1-14-9-16(7-8-17(14)21)22-19(26)23-12-20(13-23)10-18(25)24(27-20)11-15-5-3-2-4-6-15/h2-9H,10-13H2,1H3,(H,22,26). The molecule has 0 aromatic heterocycles. The Morgan fingerprint density at radius 2 is 1.96 bits per heavy atom. The summed E-state index contributed by atoms with van der Waals surface area (Å²) in [4.78, 5) is 32.1. The number of nitrogens with one attached hydrogen (secondary N) is 1. The first-order valence-electron chi connectivity index (χ1n) is 8.80. The maximum atomic E-state index is 13.3. The molecular formula is C20H20FN3O3. The number of carbonyl (C=O) groups is 2. The van der Waals surface area contributed by atoms with Gasteiger partial charge in [0, 0.05) is 5.69 Å². The van der Waals surface area contributed by atoms with Gasteiger partial charge in [-0.05, 0) is 36.2 Å². The molecule has 0 saturated carbocycles. The van der Waals surface area contributed by atoms with Crippen LogP contribution in [0.15, 0.2) is 48.5 Å². The molecular weight excluding hydrogens is 349 g/mol. The Balaban J connectivity index is 1.33. The van der Waals surface area contributed by atoms with Crippen LogP contribution in [0.1, 0.15) is 17.5 Å². The molecule has 7 heteroatoms. The molecule has 0 bridgehead atoms. The van der Waals surface area contributed by atoms with E-state index >= 15 is 0 Å². The molecule has 2 saturated heterocycles. The summed E-state index contributed by atoms with van der Waals surface area (Å²) in [6.45, 7) is 2.72. The number of carbonyl (C=O) groups excluding carboxylic acids is 2. The average molecular weight is 369 g/mol. The van der Waals surface area contributed by atoms with Crippen molar-refractivity contribution in [2.75, 3.05) is 18.4 Å². The van der Waals surface area contributed by atoms with Gasteiger partial charge >= 0.3 is 6.03 Å². The summed E-state index contributed by atoms with van der Waals surface area (Å²) >= 11 is 0. The minimum atomic E-state index is -0.637. The van der Waals surface area contributed by atoms with Crippen molar-refractivity contribution in [3.63, 3.8) is 0 Å². The van der Waals surface area contributed by atoms with Crippen molar-refractivity contribution in [3.8, 4) is 0 Å². The van der Waals surface area contributed by atoms with E-state index in [1.54, 1.807) is 17.9 Å². The molecule has 0 unspecified atom stereocenters. The summed E-state index contributed by atoms with van der Waals surface area (Å²) in [6.07, 6.45) is 0.263. The van der Waals surface area contributed by atoms with Crippen LogP contribution in [0.3, 0.4) is 0 Å². The predicted molar refractivity (Wildman–Crippen MR) is 97.2 cm³/mol. The Morgan fingerprint density at radius 3 is 2.67 bits per heavy atom. The van der Waals surface area contributed by atoms with E-state index in [1.165, 1.54) is 17.2 Å². The number of hydrogen-bond donors (Lipinski definition) is 1. The number of hydrogen-bond acceptors (Lipinski definition) is 3. The van der Waals surface area contributed by atoms with E-state index in [0.29, 0.717) is 30.9 Å². The summed E-state index contributed by atoms with van der Waals surface area (Å²) in [5, 5.41) is 4.13. The minimum absolute atomic E-state index is 0.0759. The zero-order chi connectivity index (χ0) is 19.0. The quantitative estimate of drug-likeness (QED) is 0.904. The van der Waals surface area contributed by atoms with Crippen molar-refractivity contribution in [2.45, 2.75) is 25.5 Å². The second-order valence-corrected chi connectivity index (χ2v) is 7.12. The summed E-state index contributed by atoms with van der Waals surface area (Å²) < 4.78 is 13.3. The van der Waals surface area contributed by atoms with E-state index < -0.39 is 5.60 Å². The molecule has 6 nitrogen and oxygen atoms in total. The van der Waals surface area contributed by atoms with Crippen LogP contribution >= 0.6 is 0 Å². The van der Waals surface area contributed by atoms with E-state index in [1.807, 2.05) is 30.3 Å². The zero-order valence-corrected chi connectivity index (χ0v) is 14.9. The number of amides is 3. The normalized spacial score (nSPS) is 17.9.